The van der Waals surface area contributed by atoms with Crippen LogP contribution in [0.2, 0.25) is 0 Å². The van der Waals surface area contributed by atoms with Gasteiger partial charge in [0.25, 0.3) is 5.91 Å². The lowest BCUT2D eigenvalue weighted by molar-refractivity contribution is 0.0746. The van der Waals surface area contributed by atoms with Crippen LogP contribution in [0.5, 0.6) is 5.75 Å². The van der Waals surface area contributed by atoms with Gasteiger partial charge in [0.15, 0.2) is 0 Å². The first-order valence-corrected chi connectivity index (χ1v) is 9.30. The van der Waals surface area contributed by atoms with Crippen molar-refractivity contribution in [1.82, 2.24) is 9.88 Å². The molecular weight excluding hydrogens is 394 g/mol. The fourth-order valence-corrected chi connectivity index (χ4v) is 3.71. The molecule has 1 N–H and O–H groups in total. The van der Waals surface area contributed by atoms with E-state index in [9.17, 15) is 9.90 Å². The summed E-state index contributed by atoms with van der Waals surface area (Å²) in [5, 5.41) is 10.7. The second-order valence-corrected chi connectivity index (χ2v) is 7.16. The van der Waals surface area contributed by atoms with Gasteiger partial charge in [-0.3, -0.25) is 4.79 Å². The number of carbonyl (C=O) groups is 1. The third kappa shape index (κ3) is 3.24. The molecule has 1 aliphatic heterocycles. The number of rotatable bonds is 2. The van der Waals surface area contributed by atoms with E-state index in [1.54, 1.807) is 18.2 Å². The number of halogens is 1. The van der Waals surface area contributed by atoms with Crippen LogP contribution >= 0.6 is 15.9 Å². The Balaban J connectivity index is 1.48. The fourth-order valence-electron chi connectivity index (χ4n) is 3.24. The van der Waals surface area contributed by atoms with Gasteiger partial charge in [0.1, 0.15) is 11.6 Å². The minimum Gasteiger partial charge on any atom is -0.508 e. The molecule has 0 atom stereocenters. The molecule has 2 heterocycles. The Bertz CT molecular complexity index is 968. The minimum absolute atomic E-state index is 0.0465. The molecule has 3 aromatic rings. The molecule has 26 heavy (non-hydrogen) atoms. The number of benzene rings is 2. The number of nitrogens with zero attached hydrogens (tertiary/aromatic N) is 3. The second-order valence-electron chi connectivity index (χ2n) is 6.31. The summed E-state index contributed by atoms with van der Waals surface area (Å²) in [5.74, 6) is 0.990. The first kappa shape index (κ1) is 16.8. The number of fused-ring (bicyclic) bond motifs is 1. The molecule has 132 valence electrons. The fraction of sp³-hybridized carbons (Fsp3) is 0.200. The van der Waals surface area contributed by atoms with Crippen molar-refractivity contribution in [1.29, 1.82) is 0 Å². The first-order chi connectivity index (χ1) is 12.6. The normalized spacial score (nSPS) is 14.7. The number of amides is 1. The number of para-hydroxylation sites is 1. The Kier molecular flexibility index (Phi) is 4.51. The summed E-state index contributed by atoms with van der Waals surface area (Å²) in [5.41, 5.74) is 1.47. The highest BCUT2D eigenvalue weighted by Crippen LogP contribution is 2.25. The van der Waals surface area contributed by atoms with E-state index in [1.807, 2.05) is 29.2 Å². The van der Waals surface area contributed by atoms with E-state index in [0.29, 0.717) is 18.7 Å². The first-order valence-electron chi connectivity index (χ1n) is 8.50. The molecule has 1 aliphatic rings. The van der Waals surface area contributed by atoms with Crippen molar-refractivity contribution in [2.45, 2.75) is 0 Å². The average Bonchev–Trinajstić information content (AvgIpc) is 2.68. The van der Waals surface area contributed by atoms with E-state index in [1.165, 1.54) is 6.07 Å². The molecule has 0 bridgehead atoms. The number of aromatic nitrogens is 1. The molecule has 1 fully saturated rings. The molecule has 6 heteroatoms. The molecular formula is C20H18BrN3O2. The topological polar surface area (TPSA) is 56.7 Å². The molecule has 0 spiro atoms. The van der Waals surface area contributed by atoms with Gasteiger partial charge in [-0.15, -0.1) is 0 Å². The maximum atomic E-state index is 12.6. The van der Waals surface area contributed by atoms with Gasteiger partial charge in [-0.05, 0) is 52.3 Å². The summed E-state index contributed by atoms with van der Waals surface area (Å²) in [4.78, 5) is 21.4. The van der Waals surface area contributed by atoms with Crippen LogP contribution in [0.4, 0.5) is 5.82 Å². The zero-order valence-corrected chi connectivity index (χ0v) is 15.7. The quantitative estimate of drug-likeness (QED) is 0.698. The summed E-state index contributed by atoms with van der Waals surface area (Å²) in [6.45, 7) is 2.72. The minimum atomic E-state index is -0.0465. The van der Waals surface area contributed by atoms with Crippen molar-refractivity contribution in [3.05, 3.63) is 64.6 Å². The summed E-state index contributed by atoms with van der Waals surface area (Å²) in [6, 6.07) is 16.6. The van der Waals surface area contributed by atoms with Gasteiger partial charge in [-0.1, -0.05) is 18.2 Å². The van der Waals surface area contributed by atoms with E-state index in [-0.39, 0.29) is 11.7 Å². The van der Waals surface area contributed by atoms with E-state index < -0.39 is 0 Å². The molecule has 0 saturated carbocycles. The third-order valence-electron chi connectivity index (χ3n) is 4.64. The SMILES string of the molecule is O=C(c1cccc(O)c1)N1CCN(c2ccc3cccc(Br)c3n2)CC1. The van der Waals surface area contributed by atoms with Crippen molar-refractivity contribution in [3.63, 3.8) is 0 Å². The highest BCUT2D eigenvalue weighted by atomic mass is 79.9. The summed E-state index contributed by atoms with van der Waals surface area (Å²) in [7, 11) is 0. The molecule has 1 aromatic heterocycles. The number of phenols is 1. The lowest BCUT2D eigenvalue weighted by Gasteiger charge is -2.35. The van der Waals surface area contributed by atoms with Gasteiger partial charge < -0.3 is 14.9 Å². The number of carbonyl (C=O) groups excluding carboxylic acids is 1. The number of phenolic OH excluding ortho intramolecular Hbond substituents is 1. The van der Waals surface area contributed by atoms with Crippen LogP contribution in [0, 0.1) is 0 Å². The number of pyridine rings is 1. The lowest BCUT2D eigenvalue weighted by Crippen LogP contribution is -2.49. The van der Waals surface area contributed by atoms with Crippen molar-refractivity contribution >= 4 is 38.6 Å². The highest BCUT2D eigenvalue weighted by Gasteiger charge is 2.23. The predicted molar refractivity (Wildman–Crippen MR) is 106 cm³/mol. The lowest BCUT2D eigenvalue weighted by atomic mass is 10.1. The van der Waals surface area contributed by atoms with Gasteiger partial charge in [-0.25, -0.2) is 4.98 Å². The molecule has 0 radical (unpaired) electrons. The zero-order valence-electron chi connectivity index (χ0n) is 14.1. The van der Waals surface area contributed by atoms with Gasteiger partial charge >= 0.3 is 0 Å². The molecule has 1 amide bonds. The molecule has 2 aromatic carbocycles. The Labute approximate surface area is 160 Å². The van der Waals surface area contributed by atoms with Crippen molar-refractivity contribution in [2.24, 2.45) is 0 Å². The zero-order chi connectivity index (χ0) is 18.1. The molecule has 5 nitrogen and oxygen atoms in total. The largest absolute Gasteiger partial charge is 0.508 e. The third-order valence-corrected chi connectivity index (χ3v) is 5.28. The number of hydrogen-bond acceptors (Lipinski definition) is 4. The highest BCUT2D eigenvalue weighted by molar-refractivity contribution is 9.10. The Morgan fingerprint density at radius 1 is 1.00 bits per heavy atom. The van der Waals surface area contributed by atoms with Gasteiger partial charge in [0.2, 0.25) is 0 Å². The van der Waals surface area contributed by atoms with E-state index in [2.05, 4.69) is 26.9 Å². The Hall–Kier alpha value is -2.60. The van der Waals surface area contributed by atoms with Crippen LogP contribution in [-0.2, 0) is 0 Å². The maximum absolute atomic E-state index is 12.6. The van der Waals surface area contributed by atoms with E-state index in [0.717, 1.165) is 34.3 Å². The molecule has 4 rings (SSSR count). The average molecular weight is 412 g/mol. The second kappa shape index (κ2) is 6.96. The van der Waals surface area contributed by atoms with E-state index >= 15 is 0 Å². The number of hydrogen-bond donors (Lipinski definition) is 1. The summed E-state index contributed by atoms with van der Waals surface area (Å²) >= 11 is 3.56. The van der Waals surface area contributed by atoms with Crippen molar-refractivity contribution in [2.75, 3.05) is 31.1 Å². The Morgan fingerprint density at radius 2 is 1.77 bits per heavy atom. The van der Waals surface area contributed by atoms with Crippen molar-refractivity contribution < 1.29 is 9.90 Å². The number of anilines is 1. The smallest absolute Gasteiger partial charge is 0.254 e. The Morgan fingerprint density at radius 3 is 2.54 bits per heavy atom. The van der Waals surface area contributed by atoms with Crippen LogP contribution < -0.4 is 4.90 Å². The van der Waals surface area contributed by atoms with Crippen LogP contribution in [0.15, 0.2) is 59.1 Å². The van der Waals surface area contributed by atoms with Crippen LogP contribution in [0.1, 0.15) is 10.4 Å². The summed E-state index contributed by atoms with van der Waals surface area (Å²) in [6.07, 6.45) is 0. The van der Waals surface area contributed by atoms with Gasteiger partial charge in [-0.2, -0.15) is 0 Å². The van der Waals surface area contributed by atoms with Crippen LogP contribution in [0.3, 0.4) is 0 Å². The van der Waals surface area contributed by atoms with Gasteiger partial charge in [0.05, 0.1) is 5.52 Å². The standard InChI is InChI=1S/C20H18BrN3O2/c21-17-6-2-3-14-7-8-18(22-19(14)17)23-9-11-24(12-10-23)20(26)15-4-1-5-16(25)13-15/h1-8,13,25H,9-12H2. The maximum Gasteiger partial charge on any atom is 0.254 e. The summed E-state index contributed by atoms with van der Waals surface area (Å²) < 4.78 is 0.981. The van der Waals surface area contributed by atoms with E-state index in [4.69, 9.17) is 4.98 Å². The molecule has 0 aliphatic carbocycles. The van der Waals surface area contributed by atoms with Gasteiger partial charge in [0, 0.05) is 41.6 Å². The van der Waals surface area contributed by atoms with Crippen LogP contribution in [0.25, 0.3) is 10.9 Å². The van der Waals surface area contributed by atoms with Crippen molar-refractivity contribution in [3.8, 4) is 5.75 Å². The monoisotopic (exact) mass is 411 g/mol. The van der Waals surface area contributed by atoms with Crippen LogP contribution in [-0.4, -0.2) is 47.1 Å². The predicted octanol–water partition coefficient (Wildman–Crippen LogP) is 3.67. The number of piperazine rings is 1. The number of aromatic hydroxyl groups is 1. The molecule has 1 saturated heterocycles. The molecule has 0 unspecified atom stereocenters.